The van der Waals surface area contributed by atoms with Gasteiger partial charge in [0.05, 0.1) is 5.56 Å². The number of carboxylic acids is 1. The monoisotopic (exact) mass is 310 g/mol. The summed E-state index contributed by atoms with van der Waals surface area (Å²) in [5.41, 5.74) is 0.564. The zero-order valence-corrected chi connectivity index (χ0v) is 13.6. The second-order valence-corrected chi connectivity index (χ2v) is 6.44. The Balaban J connectivity index is 2.72. The Bertz CT molecular complexity index is 521. The smallest absolute Gasteiger partial charge is 0.328 e. The molecule has 0 bridgehead atoms. The van der Waals surface area contributed by atoms with Gasteiger partial charge in [-0.25, -0.2) is 4.79 Å². The molecular weight excluding hydrogens is 288 g/mol. The van der Waals surface area contributed by atoms with Crippen molar-refractivity contribution >= 4 is 29.3 Å². The van der Waals surface area contributed by atoms with Crippen LogP contribution in [0.2, 0.25) is 0 Å². The van der Waals surface area contributed by atoms with Gasteiger partial charge in [-0.05, 0) is 32.2 Å². The molecular formula is C15H22N2O3S. The molecule has 0 saturated carbocycles. The first-order valence-corrected chi connectivity index (χ1v) is 7.62. The van der Waals surface area contributed by atoms with E-state index in [4.69, 9.17) is 5.11 Å². The lowest BCUT2D eigenvalue weighted by atomic mass is 10.0. The molecule has 1 rings (SSSR count). The lowest BCUT2D eigenvalue weighted by Gasteiger charge is -2.25. The molecule has 0 saturated heterocycles. The van der Waals surface area contributed by atoms with Gasteiger partial charge in [0.25, 0.3) is 5.91 Å². The molecule has 5 nitrogen and oxygen atoms in total. The fourth-order valence-electron chi connectivity index (χ4n) is 1.78. The van der Waals surface area contributed by atoms with Crippen LogP contribution in [0.3, 0.4) is 0 Å². The van der Waals surface area contributed by atoms with Gasteiger partial charge >= 0.3 is 5.97 Å². The van der Waals surface area contributed by atoms with Crippen LogP contribution in [0.5, 0.6) is 0 Å². The average Bonchev–Trinajstić information content (AvgIpc) is 2.83. The van der Waals surface area contributed by atoms with Crippen LogP contribution in [-0.2, 0) is 4.79 Å². The number of nitrogens with zero attached hydrogens (tertiary/aromatic N) is 1. The molecule has 116 valence electrons. The molecule has 1 aromatic rings. The molecule has 1 atom stereocenters. The van der Waals surface area contributed by atoms with Crippen molar-refractivity contribution in [2.24, 2.45) is 5.92 Å². The van der Waals surface area contributed by atoms with E-state index in [0.717, 1.165) is 17.5 Å². The van der Waals surface area contributed by atoms with Crippen LogP contribution >= 0.6 is 11.3 Å². The van der Waals surface area contributed by atoms with Crippen molar-refractivity contribution < 1.29 is 14.7 Å². The Kier molecular flexibility index (Phi) is 6.58. The first-order valence-electron chi connectivity index (χ1n) is 6.74. The molecule has 0 spiro atoms. The average molecular weight is 310 g/mol. The largest absolute Gasteiger partial charge is 0.478 e. The maximum Gasteiger partial charge on any atom is 0.328 e. The van der Waals surface area contributed by atoms with E-state index in [0.29, 0.717) is 11.5 Å². The van der Waals surface area contributed by atoms with Gasteiger partial charge in [-0.3, -0.25) is 4.79 Å². The Morgan fingerprint density at radius 1 is 1.43 bits per heavy atom. The second-order valence-electron chi connectivity index (χ2n) is 5.50. The predicted octanol–water partition coefficient (Wildman–Crippen LogP) is 2.16. The molecule has 0 radical (unpaired) electrons. The Morgan fingerprint density at radius 2 is 2.10 bits per heavy atom. The van der Waals surface area contributed by atoms with Crippen molar-refractivity contribution in [3.05, 3.63) is 28.0 Å². The van der Waals surface area contributed by atoms with Crippen LogP contribution in [-0.4, -0.2) is 48.6 Å². The summed E-state index contributed by atoms with van der Waals surface area (Å²) in [6, 6.07) is 1.78. The summed E-state index contributed by atoms with van der Waals surface area (Å²) in [5, 5.41) is 13.4. The van der Waals surface area contributed by atoms with Crippen LogP contribution in [0, 0.1) is 5.92 Å². The third-order valence-electron chi connectivity index (χ3n) is 2.96. The van der Waals surface area contributed by atoms with Crippen molar-refractivity contribution in [1.82, 2.24) is 10.2 Å². The number of thiophene rings is 1. The molecule has 1 amide bonds. The molecule has 21 heavy (non-hydrogen) atoms. The van der Waals surface area contributed by atoms with E-state index in [-0.39, 0.29) is 11.9 Å². The number of carbonyl (C=O) groups excluding carboxylic acids is 1. The number of likely N-dealkylation sites (N-methyl/N-ethyl adjacent to an activating group) is 1. The quantitative estimate of drug-likeness (QED) is 0.757. The molecule has 1 heterocycles. The van der Waals surface area contributed by atoms with Gasteiger partial charge in [0.15, 0.2) is 0 Å². The van der Waals surface area contributed by atoms with Crippen LogP contribution in [0.1, 0.15) is 29.1 Å². The van der Waals surface area contributed by atoms with E-state index in [1.54, 1.807) is 11.4 Å². The summed E-state index contributed by atoms with van der Waals surface area (Å²) < 4.78 is 0. The summed E-state index contributed by atoms with van der Waals surface area (Å²) in [5.74, 6) is -0.789. The molecule has 0 aliphatic heterocycles. The molecule has 1 aromatic heterocycles. The zero-order valence-electron chi connectivity index (χ0n) is 12.8. The first kappa shape index (κ1) is 17.4. The number of amides is 1. The summed E-state index contributed by atoms with van der Waals surface area (Å²) in [7, 11) is 3.95. The number of nitrogens with one attached hydrogen (secondary N) is 1. The Labute approximate surface area is 129 Å². The minimum atomic E-state index is -1.000. The highest BCUT2D eigenvalue weighted by Crippen LogP contribution is 2.17. The third-order valence-corrected chi connectivity index (χ3v) is 3.85. The summed E-state index contributed by atoms with van der Waals surface area (Å²) >= 11 is 1.35. The van der Waals surface area contributed by atoms with Crippen molar-refractivity contribution in [3.8, 4) is 0 Å². The Morgan fingerprint density at radius 3 is 2.62 bits per heavy atom. The fraction of sp³-hybridized carbons (Fsp3) is 0.467. The van der Waals surface area contributed by atoms with E-state index in [1.165, 1.54) is 17.4 Å². The number of hydrogen-bond acceptors (Lipinski definition) is 4. The van der Waals surface area contributed by atoms with E-state index < -0.39 is 5.97 Å². The van der Waals surface area contributed by atoms with Gasteiger partial charge < -0.3 is 15.3 Å². The van der Waals surface area contributed by atoms with Gasteiger partial charge in [-0.2, -0.15) is 0 Å². The number of carboxylic acid groups (broad SMARTS) is 1. The minimum absolute atomic E-state index is 0.0745. The van der Waals surface area contributed by atoms with E-state index in [9.17, 15) is 9.59 Å². The maximum absolute atomic E-state index is 12.2. The molecule has 0 aromatic carbocycles. The molecule has 6 heteroatoms. The van der Waals surface area contributed by atoms with Gasteiger partial charge in [0.2, 0.25) is 0 Å². The van der Waals surface area contributed by atoms with Crippen molar-refractivity contribution in [3.63, 3.8) is 0 Å². The lowest BCUT2D eigenvalue weighted by Crippen LogP contribution is -2.44. The summed E-state index contributed by atoms with van der Waals surface area (Å²) in [4.78, 5) is 25.5. The van der Waals surface area contributed by atoms with Gasteiger partial charge in [-0.15, -0.1) is 11.3 Å². The summed E-state index contributed by atoms with van der Waals surface area (Å²) in [6.45, 7) is 4.92. The molecule has 0 aliphatic rings. The highest BCUT2D eigenvalue weighted by molar-refractivity contribution is 7.11. The second kappa shape index (κ2) is 7.95. The highest BCUT2D eigenvalue weighted by Gasteiger charge is 2.18. The van der Waals surface area contributed by atoms with Crippen molar-refractivity contribution in [2.75, 3.05) is 20.6 Å². The van der Waals surface area contributed by atoms with E-state index in [2.05, 4.69) is 19.2 Å². The first-order chi connectivity index (χ1) is 9.79. The molecule has 1 unspecified atom stereocenters. The molecule has 0 aliphatic carbocycles. The van der Waals surface area contributed by atoms with Crippen molar-refractivity contribution in [1.29, 1.82) is 0 Å². The fourth-order valence-corrected chi connectivity index (χ4v) is 2.56. The zero-order chi connectivity index (χ0) is 16.0. The van der Waals surface area contributed by atoms with Crippen LogP contribution in [0.25, 0.3) is 6.08 Å². The standard InChI is InChI=1S/C15H22N2O3S/c1-10(2)13(8-17(3)4)16-15(20)11-7-12(21-9-11)5-6-14(18)19/h5-7,9-10,13H,8H2,1-4H3,(H,16,20)(H,18,19). The molecule has 0 fully saturated rings. The van der Waals surface area contributed by atoms with Crippen LogP contribution < -0.4 is 5.32 Å². The summed E-state index contributed by atoms with van der Waals surface area (Å²) in [6.07, 6.45) is 2.56. The van der Waals surface area contributed by atoms with E-state index >= 15 is 0 Å². The van der Waals surface area contributed by atoms with Gasteiger partial charge in [0, 0.05) is 28.9 Å². The molecule has 2 N–H and O–H groups in total. The van der Waals surface area contributed by atoms with Gasteiger partial charge in [0.1, 0.15) is 0 Å². The SMILES string of the molecule is CC(C)C(CN(C)C)NC(=O)c1csc(C=CC(=O)O)c1. The van der Waals surface area contributed by atoms with Crippen molar-refractivity contribution in [2.45, 2.75) is 19.9 Å². The van der Waals surface area contributed by atoms with Crippen LogP contribution in [0.15, 0.2) is 17.5 Å². The lowest BCUT2D eigenvalue weighted by molar-refractivity contribution is -0.131. The van der Waals surface area contributed by atoms with Gasteiger partial charge in [-0.1, -0.05) is 13.8 Å². The third kappa shape index (κ3) is 6.10. The number of aliphatic carboxylic acids is 1. The number of rotatable bonds is 7. The number of carbonyl (C=O) groups is 2. The highest BCUT2D eigenvalue weighted by atomic mass is 32.1. The normalized spacial score (nSPS) is 13.0. The maximum atomic E-state index is 12.2. The topological polar surface area (TPSA) is 69.6 Å². The number of hydrogen-bond donors (Lipinski definition) is 2. The minimum Gasteiger partial charge on any atom is -0.478 e. The van der Waals surface area contributed by atoms with E-state index in [1.807, 2.05) is 19.0 Å². The Hall–Kier alpha value is -1.66. The van der Waals surface area contributed by atoms with Crippen LogP contribution in [0.4, 0.5) is 0 Å². The predicted molar refractivity (Wildman–Crippen MR) is 85.6 cm³/mol.